The van der Waals surface area contributed by atoms with Gasteiger partial charge in [0.15, 0.2) is 9.84 Å². The molecule has 0 saturated heterocycles. The van der Waals surface area contributed by atoms with E-state index in [-0.39, 0.29) is 42.5 Å². The number of aromatic nitrogens is 1. The summed E-state index contributed by atoms with van der Waals surface area (Å²) in [5.74, 6) is -0.701. The molecule has 0 aliphatic carbocycles. The number of hydrogen-bond donors (Lipinski definition) is 0. The zero-order chi connectivity index (χ0) is 26.0. The molecule has 7 nitrogen and oxygen atoms in total. The first-order chi connectivity index (χ1) is 16.1. The van der Waals surface area contributed by atoms with Crippen LogP contribution in [0.1, 0.15) is 11.1 Å². The van der Waals surface area contributed by atoms with Gasteiger partial charge in [-0.25, -0.2) is 13.4 Å². The first-order valence-electron chi connectivity index (χ1n) is 10.2. The summed E-state index contributed by atoms with van der Waals surface area (Å²) in [5, 5.41) is 0.993. The molecular formula is C21H23F5N2O5S2. The maximum atomic E-state index is 13.1. The first-order valence-corrected chi connectivity index (χ1v) is 13.8. The molecule has 1 unspecified atom stereocenters. The molecule has 1 aliphatic heterocycles. The third-order valence-corrected chi connectivity index (χ3v) is 7.59. The van der Waals surface area contributed by atoms with Gasteiger partial charge in [0.05, 0.1) is 24.8 Å². The smallest absolute Gasteiger partial charge is 0.310 e. The van der Waals surface area contributed by atoms with Crippen molar-refractivity contribution in [2.24, 2.45) is 0 Å². The third-order valence-electron chi connectivity index (χ3n) is 5.05. The molecule has 2 heterocycles. The second-order valence-corrected chi connectivity index (χ2v) is 12.2. The molecule has 1 atom stereocenters. The highest BCUT2D eigenvalue weighted by Crippen LogP contribution is 3.02. The van der Waals surface area contributed by atoms with Crippen molar-refractivity contribution in [1.82, 2.24) is 9.88 Å². The summed E-state index contributed by atoms with van der Waals surface area (Å²) in [6, 6.07) is 4.42. The van der Waals surface area contributed by atoms with Crippen molar-refractivity contribution in [3.63, 3.8) is 0 Å². The van der Waals surface area contributed by atoms with Crippen molar-refractivity contribution in [1.29, 1.82) is 0 Å². The lowest BCUT2D eigenvalue weighted by atomic mass is 10.1. The van der Waals surface area contributed by atoms with Gasteiger partial charge in [-0.1, -0.05) is 31.6 Å². The molecule has 1 amide bonds. The number of amides is 1. The number of methoxy groups -OCH3 is 1. The minimum Gasteiger partial charge on any atom is -0.475 e. The van der Waals surface area contributed by atoms with Gasteiger partial charge < -0.3 is 14.4 Å². The number of carbonyl (C=O) groups excluding carboxylic acids is 1. The molecule has 0 radical (unpaired) electrons. The molecule has 1 aromatic carbocycles. The van der Waals surface area contributed by atoms with Crippen LogP contribution in [0.5, 0.6) is 5.88 Å². The fourth-order valence-electron chi connectivity index (χ4n) is 3.34. The van der Waals surface area contributed by atoms with Gasteiger partial charge in [-0.15, -0.1) is 0 Å². The monoisotopic (exact) mass is 542 g/mol. The minimum absolute atomic E-state index is 0.0456. The van der Waals surface area contributed by atoms with E-state index in [1.165, 1.54) is 24.3 Å². The maximum absolute atomic E-state index is 13.1. The zero-order valence-corrected chi connectivity index (χ0v) is 20.1. The lowest BCUT2D eigenvalue weighted by Crippen LogP contribution is -2.41. The van der Waals surface area contributed by atoms with Crippen molar-refractivity contribution in [2.75, 3.05) is 26.1 Å². The Labute approximate surface area is 199 Å². The summed E-state index contributed by atoms with van der Waals surface area (Å²) < 4.78 is 99.0. The fraction of sp³-hybridized carbons (Fsp3) is 0.333. The molecule has 35 heavy (non-hydrogen) atoms. The van der Waals surface area contributed by atoms with Crippen molar-refractivity contribution >= 4 is 26.0 Å². The Morgan fingerprint density at radius 3 is 2.34 bits per heavy atom. The van der Waals surface area contributed by atoms with Crippen molar-refractivity contribution < 1.29 is 42.1 Å². The predicted molar refractivity (Wildman–Crippen MR) is 120 cm³/mol. The molecule has 0 saturated carbocycles. The Bertz CT molecular complexity index is 1220. The third kappa shape index (κ3) is 7.64. The summed E-state index contributed by atoms with van der Waals surface area (Å²) in [6.45, 7) is 0.506. The minimum atomic E-state index is -9.83. The summed E-state index contributed by atoms with van der Waals surface area (Å²) in [4.78, 5) is 16.3. The van der Waals surface area contributed by atoms with Crippen LogP contribution >= 0.6 is 10.2 Å². The summed E-state index contributed by atoms with van der Waals surface area (Å²) in [6.07, 6.45) is 2.37. The van der Waals surface area contributed by atoms with Gasteiger partial charge in [-0.05, 0) is 35.4 Å². The van der Waals surface area contributed by atoms with Crippen LogP contribution in [0.3, 0.4) is 0 Å². The largest absolute Gasteiger partial charge is 0.475 e. The van der Waals surface area contributed by atoms with Gasteiger partial charge in [-0.3, -0.25) is 4.79 Å². The van der Waals surface area contributed by atoms with E-state index in [1.54, 1.807) is 12.1 Å². The number of benzene rings is 1. The fourth-order valence-corrected chi connectivity index (χ4v) is 5.29. The van der Waals surface area contributed by atoms with E-state index in [4.69, 9.17) is 9.47 Å². The normalized spacial score (nSPS) is 19.1. The molecule has 0 bridgehead atoms. The average molecular weight is 543 g/mol. The zero-order valence-electron chi connectivity index (χ0n) is 18.5. The second kappa shape index (κ2) is 9.06. The number of carbonyl (C=O) groups is 1. The van der Waals surface area contributed by atoms with Crippen molar-refractivity contribution in [3.8, 4) is 5.88 Å². The van der Waals surface area contributed by atoms with E-state index in [1.807, 2.05) is 0 Å². The van der Waals surface area contributed by atoms with Crippen molar-refractivity contribution in [3.05, 3.63) is 65.2 Å². The molecular weight excluding hydrogens is 519 g/mol. The number of hydrogen-bond acceptors (Lipinski definition) is 6. The van der Waals surface area contributed by atoms with Crippen molar-refractivity contribution in [2.45, 2.75) is 23.9 Å². The van der Waals surface area contributed by atoms with Crippen LogP contribution in [0.4, 0.5) is 19.4 Å². The van der Waals surface area contributed by atoms with Crippen LogP contribution in [0.15, 0.2) is 59.0 Å². The van der Waals surface area contributed by atoms with E-state index < -0.39 is 43.3 Å². The number of halogens is 5. The Morgan fingerprint density at radius 2 is 1.77 bits per heavy atom. The van der Waals surface area contributed by atoms with Crippen LogP contribution in [-0.2, 0) is 32.3 Å². The molecule has 3 rings (SSSR count). The summed E-state index contributed by atoms with van der Waals surface area (Å²) in [7, 11) is -11.9. The number of ether oxygens (including phenoxy) is 2. The Morgan fingerprint density at radius 1 is 1.09 bits per heavy atom. The lowest BCUT2D eigenvalue weighted by molar-refractivity contribution is -0.132. The van der Waals surface area contributed by atoms with Gasteiger partial charge in [0.2, 0.25) is 11.8 Å². The average Bonchev–Trinajstić information content (AvgIpc) is 3.10. The molecule has 0 spiro atoms. The highest BCUT2D eigenvalue weighted by molar-refractivity contribution is 8.45. The van der Waals surface area contributed by atoms with Crippen LogP contribution in [0.25, 0.3) is 0 Å². The van der Waals surface area contributed by atoms with Gasteiger partial charge in [0.25, 0.3) is 0 Å². The Balaban J connectivity index is 1.81. The van der Waals surface area contributed by atoms with Gasteiger partial charge in [0.1, 0.15) is 11.5 Å². The van der Waals surface area contributed by atoms with E-state index in [0.717, 1.165) is 17.5 Å². The molecule has 0 fully saturated rings. The van der Waals surface area contributed by atoms with E-state index >= 15 is 0 Å². The first kappa shape index (κ1) is 26.9. The molecule has 0 N–H and O–H groups in total. The predicted octanol–water partition coefficient (Wildman–Crippen LogP) is 4.65. The Hall–Kier alpha value is -2.71. The highest BCUT2D eigenvalue weighted by atomic mass is 32.5. The second-order valence-electron chi connectivity index (χ2n) is 7.88. The van der Waals surface area contributed by atoms with Crippen LogP contribution in [0, 0.1) is 0 Å². The highest BCUT2D eigenvalue weighted by Gasteiger charge is 2.65. The van der Waals surface area contributed by atoms with Crippen LogP contribution in [0.2, 0.25) is 0 Å². The number of rotatable bonds is 10. The lowest BCUT2D eigenvalue weighted by Gasteiger charge is -2.40. The Kier molecular flexibility index (Phi) is 6.96. The van der Waals surface area contributed by atoms with Crippen LogP contribution in [-0.4, -0.2) is 56.3 Å². The van der Waals surface area contributed by atoms with Gasteiger partial charge in [-0.2, -0.15) is 0 Å². The van der Waals surface area contributed by atoms with Gasteiger partial charge in [0, 0.05) is 31.3 Å². The molecule has 194 valence electrons. The summed E-state index contributed by atoms with van der Waals surface area (Å²) >= 11 is 0. The molecule has 1 aliphatic rings. The molecule has 2 aromatic rings. The molecule has 14 heteroatoms. The van der Waals surface area contributed by atoms with E-state index in [2.05, 4.69) is 4.98 Å². The number of pyridine rings is 1. The number of nitrogens with zero attached hydrogens (tertiary/aromatic N) is 2. The quantitative estimate of drug-likeness (QED) is 0.321. The molecule has 1 aromatic heterocycles. The summed E-state index contributed by atoms with van der Waals surface area (Å²) in [5.41, 5.74) is 0.628. The number of sulfone groups is 1. The SMILES string of the molecule is COCCOc1cc(CN(C(=O)Cc2ccc(S(F)(F)(F)(F)F)cc2)C2C=CS(=O)(=O)C2)ccn1. The van der Waals surface area contributed by atoms with E-state index in [0.29, 0.717) is 12.2 Å². The topological polar surface area (TPSA) is 85.8 Å². The van der Waals surface area contributed by atoms with E-state index in [9.17, 15) is 32.6 Å². The van der Waals surface area contributed by atoms with Crippen LogP contribution < -0.4 is 4.74 Å². The maximum Gasteiger partial charge on any atom is 0.310 e. The standard InChI is InChI=1S/C21H23F5N2O5S2/c1-32-9-10-33-20-12-17(6-8-27-20)14-28(18-7-11-34(30,31)15-18)21(29)13-16-2-4-19(5-3-16)35(22,23,24,25)26/h2-8,11-12,18H,9-10,13-15H2,1H3. The van der Waals surface area contributed by atoms with Gasteiger partial charge >= 0.3 is 10.2 Å².